The van der Waals surface area contributed by atoms with Gasteiger partial charge in [0.1, 0.15) is 29.4 Å². The molecular weight excluding hydrogens is 388 g/mol. The zero-order chi connectivity index (χ0) is 21.3. The van der Waals surface area contributed by atoms with Gasteiger partial charge in [-0.3, -0.25) is 9.78 Å². The summed E-state index contributed by atoms with van der Waals surface area (Å²) in [7, 11) is 1.84. The van der Waals surface area contributed by atoms with E-state index in [1.165, 1.54) is 12.4 Å². The second-order valence-corrected chi connectivity index (χ2v) is 6.99. The van der Waals surface area contributed by atoms with Crippen LogP contribution in [0.3, 0.4) is 0 Å². The van der Waals surface area contributed by atoms with Crippen LogP contribution >= 0.6 is 0 Å². The van der Waals surface area contributed by atoms with Crippen LogP contribution in [0.5, 0.6) is 0 Å². The van der Waals surface area contributed by atoms with Crippen LogP contribution in [0, 0.1) is 11.6 Å². The van der Waals surface area contributed by atoms with E-state index in [1.54, 1.807) is 23.0 Å². The van der Waals surface area contributed by atoms with Gasteiger partial charge in [0, 0.05) is 31.3 Å². The first kappa shape index (κ1) is 19.7. The number of nitrogens with zero attached hydrogens (tertiary/aromatic N) is 4. The van der Waals surface area contributed by atoms with Gasteiger partial charge in [-0.15, -0.1) is 0 Å². The molecule has 2 N–H and O–H groups in total. The zero-order valence-corrected chi connectivity index (χ0v) is 16.2. The molecule has 6 nitrogen and oxygen atoms in total. The number of nitrogens with one attached hydrogen (secondary N) is 1. The molecule has 0 radical (unpaired) electrons. The summed E-state index contributed by atoms with van der Waals surface area (Å²) in [6.07, 6.45) is 2.88. The van der Waals surface area contributed by atoms with E-state index < -0.39 is 17.2 Å². The molecule has 2 heterocycles. The Labute approximate surface area is 171 Å². The molecule has 4 aromatic rings. The Morgan fingerprint density at radius 3 is 2.53 bits per heavy atom. The largest absolute Gasteiger partial charge is 0.380 e. The Morgan fingerprint density at radius 1 is 1.17 bits per heavy atom. The second kappa shape index (κ2) is 7.64. The summed E-state index contributed by atoms with van der Waals surface area (Å²) in [5, 5.41) is 22.2. The highest BCUT2D eigenvalue weighted by Crippen LogP contribution is 2.39. The van der Waals surface area contributed by atoms with Crippen molar-refractivity contribution in [3.63, 3.8) is 0 Å². The van der Waals surface area contributed by atoms with Gasteiger partial charge in [-0.1, -0.05) is 30.8 Å². The summed E-state index contributed by atoms with van der Waals surface area (Å²) < 4.78 is 29.9. The number of H-pyrrole nitrogens is 1. The van der Waals surface area contributed by atoms with Crippen LogP contribution in [0.25, 0.3) is 16.8 Å². The van der Waals surface area contributed by atoms with Crippen molar-refractivity contribution in [3.8, 4) is 11.3 Å². The van der Waals surface area contributed by atoms with E-state index >= 15 is 0 Å². The highest BCUT2D eigenvalue weighted by atomic mass is 19.1. The maximum Gasteiger partial charge on any atom is 0.137 e. The quantitative estimate of drug-likeness (QED) is 0.512. The van der Waals surface area contributed by atoms with Gasteiger partial charge in [-0.05, 0) is 34.9 Å². The summed E-state index contributed by atoms with van der Waals surface area (Å²) in [6.45, 7) is 4.04. The van der Waals surface area contributed by atoms with Gasteiger partial charge >= 0.3 is 0 Å². The maximum atomic E-state index is 14.6. The minimum Gasteiger partial charge on any atom is -0.380 e. The summed E-state index contributed by atoms with van der Waals surface area (Å²) in [5.74, 6) is -1.26. The van der Waals surface area contributed by atoms with Crippen LogP contribution < -0.4 is 0 Å². The van der Waals surface area contributed by atoms with E-state index in [0.29, 0.717) is 11.4 Å². The summed E-state index contributed by atoms with van der Waals surface area (Å²) in [4.78, 5) is 4.03. The van der Waals surface area contributed by atoms with E-state index in [4.69, 9.17) is 0 Å². The van der Waals surface area contributed by atoms with Gasteiger partial charge in [0.05, 0.1) is 5.69 Å². The molecule has 0 aliphatic rings. The minimum atomic E-state index is -1.87. The number of aromatic nitrogens is 5. The fourth-order valence-corrected chi connectivity index (χ4v) is 3.49. The third-order valence-electron chi connectivity index (χ3n) is 5.11. The van der Waals surface area contributed by atoms with Crippen molar-refractivity contribution >= 4 is 5.57 Å². The van der Waals surface area contributed by atoms with Crippen molar-refractivity contribution in [3.05, 3.63) is 96.2 Å². The fraction of sp³-hybridized carbons (Fsp3) is 0.136. The molecule has 2 aromatic heterocycles. The van der Waals surface area contributed by atoms with Crippen molar-refractivity contribution < 1.29 is 13.9 Å². The zero-order valence-electron chi connectivity index (χ0n) is 16.2. The predicted octanol–water partition coefficient (Wildman–Crippen LogP) is 3.63. The average Bonchev–Trinajstić information content (AvgIpc) is 3.39. The van der Waals surface area contributed by atoms with E-state index in [-0.39, 0.29) is 17.6 Å². The summed E-state index contributed by atoms with van der Waals surface area (Å²) in [5.41, 5.74) is 0.742. The molecule has 0 amide bonds. The highest BCUT2D eigenvalue weighted by molar-refractivity contribution is 5.74. The van der Waals surface area contributed by atoms with Gasteiger partial charge in [-0.2, -0.15) is 10.2 Å². The van der Waals surface area contributed by atoms with Crippen molar-refractivity contribution in [1.29, 1.82) is 0 Å². The van der Waals surface area contributed by atoms with Gasteiger partial charge < -0.3 is 5.11 Å². The molecule has 0 fully saturated rings. The van der Waals surface area contributed by atoms with Crippen LogP contribution in [0.2, 0.25) is 0 Å². The van der Waals surface area contributed by atoms with Crippen LogP contribution in [0.4, 0.5) is 8.78 Å². The molecule has 30 heavy (non-hydrogen) atoms. The standard InChI is InChI=1S/C22H19F2N5O/c1-14(15-3-5-16(6-4-15)20-9-10-27-29(20)2)22(30,12-21-25-13-26-28-21)18-8-7-17(23)11-19(18)24/h3-11,13,30H,1,12H2,2H3,(H,25,26,28)/t22-/m1/s1. The van der Waals surface area contributed by atoms with Crippen LogP contribution in [-0.2, 0) is 19.1 Å². The number of hydrogen-bond donors (Lipinski definition) is 2. The van der Waals surface area contributed by atoms with Crippen LogP contribution in [0.15, 0.2) is 67.6 Å². The molecule has 0 aliphatic carbocycles. The average molecular weight is 407 g/mol. The monoisotopic (exact) mass is 407 g/mol. The maximum absolute atomic E-state index is 14.6. The number of aryl methyl sites for hydroxylation is 1. The Bertz CT molecular complexity index is 1180. The Balaban J connectivity index is 1.75. The number of aliphatic hydroxyl groups is 1. The van der Waals surface area contributed by atoms with Gasteiger partial charge in [0.2, 0.25) is 0 Å². The second-order valence-electron chi connectivity index (χ2n) is 6.99. The molecule has 0 unspecified atom stereocenters. The van der Waals surface area contributed by atoms with E-state index in [9.17, 15) is 13.9 Å². The third-order valence-corrected chi connectivity index (χ3v) is 5.11. The molecule has 0 spiro atoms. The van der Waals surface area contributed by atoms with Crippen LogP contribution in [0.1, 0.15) is 17.0 Å². The lowest BCUT2D eigenvalue weighted by Gasteiger charge is -2.31. The van der Waals surface area contributed by atoms with Gasteiger partial charge in [-0.25, -0.2) is 13.8 Å². The van der Waals surface area contributed by atoms with Crippen molar-refractivity contribution in [2.45, 2.75) is 12.0 Å². The predicted molar refractivity (Wildman–Crippen MR) is 108 cm³/mol. The molecular formula is C22H19F2N5O. The van der Waals surface area contributed by atoms with Gasteiger partial charge in [0.15, 0.2) is 0 Å². The number of rotatable bonds is 6. The van der Waals surface area contributed by atoms with Gasteiger partial charge in [0.25, 0.3) is 0 Å². The molecule has 0 saturated carbocycles. The molecule has 1 atom stereocenters. The topological polar surface area (TPSA) is 79.6 Å². The lowest BCUT2D eigenvalue weighted by atomic mass is 9.80. The summed E-state index contributed by atoms with van der Waals surface area (Å²) >= 11 is 0. The molecule has 0 saturated heterocycles. The Kier molecular flexibility index (Phi) is 5.01. The number of halogens is 2. The fourth-order valence-electron chi connectivity index (χ4n) is 3.49. The molecule has 0 aliphatic heterocycles. The first-order chi connectivity index (χ1) is 14.4. The lowest BCUT2D eigenvalue weighted by Crippen LogP contribution is -2.32. The molecule has 0 bridgehead atoms. The van der Waals surface area contributed by atoms with E-state index in [0.717, 1.165) is 23.4 Å². The SMILES string of the molecule is C=C(c1ccc(-c2ccnn2C)cc1)[C@](O)(Cc1ncn[nH]1)c1ccc(F)cc1F. The lowest BCUT2D eigenvalue weighted by molar-refractivity contribution is 0.0947. The van der Waals surface area contributed by atoms with Crippen molar-refractivity contribution in [2.24, 2.45) is 7.05 Å². The van der Waals surface area contributed by atoms with Crippen LogP contribution in [-0.4, -0.2) is 30.1 Å². The molecule has 2 aromatic carbocycles. The Morgan fingerprint density at radius 2 is 1.93 bits per heavy atom. The van der Waals surface area contributed by atoms with Crippen molar-refractivity contribution in [1.82, 2.24) is 25.0 Å². The van der Waals surface area contributed by atoms with E-state index in [2.05, 4.69) is 26.9 Å². The normalized spacial score (nSPS) is 13.2. The third kappa shape index (κ3) is 3.53. The Hall–Kier alpha value is -3.65. The van der Waals surface area contributed by atoms with Crippen molar-refractivity contribution in [2.75, 3.05) is 0 Å². The molecule has 152 valence electrons. The smallest absolute Gasteiger partial charge is 0.137 e. The van der Waals surface area contributed by atoms with E-state index in [1.807, 2.05) is 25.2 Å². The summed E-state index contributed by atoms with van der Waals surface area (Å²) in [6, 6.07) is 12.3. The first-order valence-electron chi connectivity index (χ1n) is 9.19. The number of hydrogen-bond acceptors (Lipinski definition) is 4. The molecule has 8 heteroatoms. The molecule has 4 rings (SSSR count). The first-order valence-corrected chi connectivity index (χ1v) is 9.19. The highest BCUT2D eigenvalue weighted by Gasteiger charge is 2.37. The number of aromatic amines is 1. The minimum absolute atomic E-state index is 0.0963. The number of benzene rings is 2.